The average molecular weight is 480 g/mol. The third-order valence-corrected chi connectivity index (χ3v) is 6.59. The zero-order valence-electron chi connectivity index (χ0n) is 17.3. The normalized spacial score (nSPS) is 17.3. The average Bonchev–Trinajstić information content (AvgIpc) is 3.35. The molecular weight excluding hydrogens is 454 g/mol. The number of benzene rings is 2. The molecule has 0 radical (unpaired) electrons. The number of hydrogen-bond acceptors (Lipinski definition) is 3. The predicted octanol–water partition coefficient (Wildman–Crippen LogP) is 5.43. The Kier molecular flexibility index (Phi) is 5.83. The summed E-state index contributed by atoms with van der Waals surface area (Å²) >= 11 is 3.62. The summed E-state index contributed by atoms with van der Waals surface area (Å²) in [5.41, 5.74) is 5.33. The van der Waals surface area contributed by atoms with Crippen molar-refractivity contribution in [1.82, 2.24) is 14.8 Å². The third kappa shape index (κ3) is 4.41. The molecule has 5 nitrogen and oxygen atoms in total. The van der Waals surface area contributed by atoms with E-state index in [0.29, 0.717) is 12.5 Å². The fraction of sp³-hybridized carbons (Fsp3) is 0.320. The van der Waals surface area contributed by atoms with Crippen molar-refractivity contribution >= 4 is 26.8 Å². The third-order valence-electron chi connectivity index (χ3n) is 6.10. The molecule has 2 aromatic heterocycles. The fourth-order valence-electron chi connectivity index (χ4n) is 4.60. The smallest absolute Gasteiger partial charge is 0.119 e. The van der Waals surface area contributed by atoms with Crippen molar-refractivity contribution in [2.45, 2.75) is 44.2 Å². The van der Waals surface area contributed by atoms with Crippen molar-refractivity contribution in [3.63, 3.8) is 0 Å². The van der Waals surface area contributed by atoms with Crippen molar-refractivity contribution in [2.24, 2.45) is 0 Å². The van der Waals surface area contributed by atoms with Gasteiger partial charge in [0.25, 0.3) is 0 Å². The molecule has 2 N–H and O–H groups in total. The van der Waals surface area contributed by atoms with E-state index < -0.39 is 6.10 Å². The molecule has 5 rings (SSSR count). The minimum atomic E-state index is -0.602. The van der Waals surface area contributed by atoms with E-state index in [-0.39, 0.29) is 6.61 Å². The molecule has 6 heteroatoms. The molecule has 0 saturated carbocycles. The van der Waals surface area contributed by atoms with E-state index in [1.165, 1.54) is 40.6 Å². The summed E-state index contributed by atoms with van der Waals surface area (Å²) in [6.45, 7) is 0.663. The Labute approximate surface area is 190 Å². The fourth-order valence-corrected chi connectivity index (χ4v) is 4.96. The quantitative estimate of drug-likeness (QED) is 0.362. The number of hydrogen-bond donors (Lipinski definition) is 2. The molecule has 1 aliphatic carbocycles. The summed E-state index contributed by atoms with van der Waals surface area (Å²) in [5.74, 6) is 1.14. The Balaban J connectivity index is 1.32. The van der Waals surface area contributed by atoms with Gasteiger partial charge in [-0.2, -0.15) is 5.10 Å². The van der Waals surface area contributed by atoms with Gasteiger partial charge >= 0.3 is 0 Å². The summed E-state index contributed by atoms with van der Waals surface area (Å²) in [6.07, 6.45) is 7.65. The number of halogens is 1. The maximum atomic E-state index is 10.2. The standard InChI is InChI=1S/C25H26BrN3O2/c26-18-8-11-24-23(14-18)22-5-2-1-4-21(25(22)28-24)17-6-9-20(10-7-17)31-16-19(30)15-29-13-3-12-27-29/h3,6-14,19,21,28,30H,1-2,4-5,15-16H2. The monoisotopic (exact) mass is 479 g/mol. The number of aliphatic hydroxyl groups is 1. The Morgan fingerprint density at radius 2 is 2.06 bits per heavy atom. The molecule has 0 amide bonds. The van der Waals surface area contributed by atoms with Crippen molar-refractivity contribution in [3.05, 3.63) is 82.2 Å². The molecule has 0 fully saturated rings. The zero-order chi connectivity index (χ0) is 21.2. The molecule has 4 aromatic rings. The molecule has 0 aliphatic heterocycles. The summed E-state index contributed by atoms with van der Waals surface area (Å²) in [7, 11) is 0. The van der Waals surface area contributed by atoms with E-state index in [1.54, 1.807) is 10.9 Å². The van der Waals surface area contributed by atoms with E-state index in [4.69, 9.17) is 4.74 Å². The highest BCUT2D eigenvalue weighted by atomic mass is 79.9. The number of aromatic amines is 1. The summed E-state index contributed by atoms with van der Waals surface area (Å²) in [5, 5.41) is 15.6. The predicted molar refractivity (Wildman–Crippen MR) is 126 cm³/mol. The molecule has 160 valence electrons. The van der Waals surface area contributed by atoms with Gasteiger partial charge in [-0.15, -0.1) is 0 Å². The number of ether oxygens (including phenoxy) is 1. The maximum absolute atomic E-state index is 10.2. The zero-order valence-corrected chi connectivity index (χ0v) is 18.9. The van der Waals surface area contributed by atoms with Crippen LogP contribution in [0.15, 0.2) is 65.4 Å². The maximum Gasteiger partial charge on any atom is 0.119 e. The largest absolute Gasteiger partial charge is 0.491 e. The van der Waals surface area contributed by atoms with Crippen molar-refractivity contribution in [3.8, 4) is 5.75 Å². The van der Waals surface area contributed by atoms with Crippen LogP contribution in [0.4, 0.5) is 0 Å². The Morgan fingerprint density at radius 3 is 2.87 bits per heavy atom. The van der Waals surface area contributed by atoms with Gasteiger partial charge < -0.3 is 14.8 Å². The van der Waals surface area contributed by atoms with Gasteiger partial charge in [0.15, 0.2) is 0 Å². The van der Waals surface area contributed by atoms with Crippen LogP contribution in [0.1, 0.15) is 42.0 Å². The van der Waals surface area contributed by atoms with Crippen LogP contribution in [-0.4, -0.2) is 32.6 Å². The van der Waals surface area contributed by atoms with E-state index in [0.717, 1.165) is 23.1 Å². The van der Waals surface area contributed by atoms with Crippen molar-refractivity contribution in [2.75, 3.05) is 6.61 Å². The first-order valence-electron chi connectivity index (χ1n) is 10.9. The molecule has 0 spiro atoms. The number of aromatic nitrogens is 3. The number of nitrogens with zero attached hydrogens (tertiary/aromatic N) is 2. The second-order valence-corrected chi connectivity index (χ2v) is 9.18. The van der Waals surface area contributed by atoms with Gasteiger partial charge in [0.2, 0.25) is 0 Å². The number of rotatable bonds is 6. The molecule has 2 aromatic carbocycles. The van der Waals surface area contributed by atoms with Crippen LogP contribution in [-0.2, 0) is 13.0 Å². The summed E-state index contributed by atoms with van der Waals surface area (Å²) < 4.78 is 8.64. The van der Waals surface area contributed by atoms with Crippen LogP contribution in [0.5, 0.6) is 5.75 Å². The summed E-state index contributed by atoms with van der Waals surface area (Å²) in [4.78, 5) is 3.71. The Morgan fingerprint density at radius 1 is 1.19 bits per heavy atom. The minimum absolute atomic E-state index is 0.240. The first kappa shape index (κ1) is 20.3. The highest BCUT2D eigenvalue weighted by molar-refractivity contribution is 9.10. The van der Waals surface area contributed by atoms with Crippen LogP contribution in [0.2, 0.25) is 0 Å². The lowest BCUT2D eigenvalue weighted by molar-refractivity contribution is 0.0893. The summed E-state index contributed by atoms with van der Waals surface area (Å²) in [6, 6.07) is 16.7. The van der Waals surface area contributed by atoms with Gasteiger partial charge in [0, 0.05) is 39.4 Å². The van der Waals surface area contributed by atoms with E-state index in [9.17, 15) is 5.11 Å². The van der Waals surface area contributed by atoms with Gasteiger partial charge in [-0.05, 0) is 66.8 Å². The number of nitrogens with one attached hydrogen (secondary N) is 1. The number of aliphatic hydroxyl groups excluding tert-OH is 1. The van der Waals surface area contributed by atoms with Crippen molar-refractivity contribution < 1.29 is 9.84 Å². The molecule has 2 atom stereocenters. The minimum Gasteiger partial charge on any atom is -0.491 e. The van der Waals surface area contributed by atoms with Crippen LogP contribution in [0.25, 0.3) is 10.9 Å². The van der Waals surface area contributed by atoms with E-state index >= 15 is 0 Å². The lowest BCUT2D eigenvalue weighted by atomic mass is 9.91. The highest BCUT2D eigenvalue weighted by Gasteiger charge is 2.24. The SMILES string of the molecule is OC(COc1ccc(C2CCCCc3c2[nH]c2ccc(Br)cc32)cc1)Cn1cccn1. The lowest BCUT2D eigenvalue weighted by Gasteiger charge is -2.17. The van der Waals surface area contributed by atoms with Gasteiger partial charge in [-0.25, -0.2) is 0 Å². The molecule has 0 bridgehead atoms. The second kappa shape index (κ2) is 8.89. The van der Waals surface area contributed by atoms with E-state index in [1.807, 2.05) is 24.4 Å². The van der Waals surface area contributed by atoms with Gasteiger partial charge in [-0.1, -0.05) is 34.5 Å². The van der Waals surface area contributed by atoms with Crippen LogP contribution in [0.3, 0.4) is 0 Å². The first-order chi connectivity index (χ1) is 15.2. The molecule has 1 aliphatic rings. The number of H-pyrrole nitrogens is 1. The number of fused-ring (bicyclic) bond motifs is 3. The molecule has 0 saturated heterocycles. The van der Waals surface area contributed by atoms with Gasteiger partial charge in [0.1, 0.15) is 18.5 Å². The molecule has 2 heterocycles. The van der Waals surface area contributed by atoms with Crippen LogP contribution < -0.4 is 4.74 Å². The second-order valence-electron chi connectivity index (χ2n) is 8.27. The first-order valence-corrected chi connectivity index (χ1v) is 11.6. The van der Waals surface area contributed by atoms with Crippen LogP contribution >= 0.6 is 15.9 Å². The van der Waals surface area contributed by atoms with Gasteiger partial charge in [-0.3, -0.25) is 4.68 Å². The topological polar surface area (TPSA) is 63.1 Å². The van der Waals surface area contributed by atoms with Crippen LogP contribution in [0, 0.1) is 0 Å². The Bertz CT molecular complexity index is 1150. The highest BCUT2D eigenvalue weighted by Crippen LogP contribution is 2.39. The van der Waals surface area contributed by atoms with Crippen molar-refractivity contribution in [1.29, 1.82) is 0 Å². The molecular formula is C25H26BrN3O2. The molecule has 2 unspecified atom stereocenters. The van der Waals surface area contributed by atoms with Gasteiger partial charge in [0.05, 0.1) is 6.54 Å². The lowest BCUT2D eigenvalue weighted by Crippen LogP contribution is -2.23. The molecule has 31 heavy (non-hydrogen) atoms. The number of aryl methyl sites for hydroxylation is 1. The Hall–Kier alpha value is -2.57. The van der Waals surface area contributed by atoms with E-state index in [2.05, 4.69) is 56.3 Å².